The number of urea groups is 1. The van der Waals surface area contributed by atoms with E-state index >= 15 is 0 Å². The topological polar surface area (TPSA) is 96.7 Å². The Balaban J connectivity index is 1.97. The number of methoxy groups -OCH3 is 1. The molecule has 2 N–H and O–H groups in total. The quantitative estimate of drug-likeness (QED) is 0.809. The molecule has 1 aromatic carbocycles. The van der Waals surface area contributed by atoms with E-state index in [0.717, 1.165) is 5.56 Å². The van der Waals surface area contributed by atoms with Crippen LogP contribution in [0.3, 0.4) is 0 Å². The number of amides is 3. The Morgan fingerprint density at radius 1 is 1.29 bits per heavy atom. The molecule has 8 nitrogen and oxygen atoms in total. The maximum absolute atomic E-state index is 12.4. The molecule has 2 aromatic rings. The summed E-state index contributed by atoms with van der Waals surface area (Å²) in [6.45, 7) is 2.40. The van der Waals surface area contributed by atoms with Gasteiger partial charge >= 0.3 is 6.03 Å². The van der Waals surface area contributed by atoms with Gasteiger partial charge in [0.05, 0.1) is 6.61 Å². The monoisotopic (exact) mass is 332 g/mol. The maximum atomic E-state index is 12.4. The van der Waals surface area contributed by atoms with Crippen molar-refractivity contribution in [3.05, 3.63) is 42.2 Å². The first-order valence-electron chi connectivity index (χ1n) is 7.40. The number of aryl methyl sites for hydroxylation is 1. The first-order chi connectivity index (χ1) is 11.6. The lowest BCUT2D eigenvalue weighted by molar-refractivity contribution is -0.116. The van der Waals surface area contributed by atoms with Gasteiger partial charge in [-0.2, -0.15) is 0 Å². The first kappa shape index (κ1) is 17.5. The maximum Gasteiger partial charge on any atom is 0.322 e. The zero-order valence-corrected chi connectivity index (χ0v) is 13.6. The van der Waals surface area contributed by atoms with Crippen molar-refractivity contribution in [2.45, 2.75) is 6.92 Å². The second-order valence-electron chi connectivity index (χ2n) is 5.15. The molecule has 0 radical (unpaired) electrons. The van der Waals surface area contributed by atoms with E-state index in [1.54, 1.807) is 6.07 Å². The zero-order valence-electron chi connectivity index (χ0n) is 13.6. The number of hydrogen-bond acceptors (Lipinski definition) is 5. The van der Waals surface area contributed by atoms with Gasteiger partial charge in [-0.05, 0) is 24.6 Å². The molecule has 1 heterocycles. The number of hydrogen-bond donors (Lipinski definition) is 2. The van der Waals surface area contributed by atoms with Crippen LogP contribution in [-0.2, 0) is 9.53 Å². The molecule has 0 atom stereocenters. The SMILES string of the molecule is COCCN(CC(=O)Nc1ccon1)C(=O)Nc1cccc(C)c1. The van der Waals surface area contributed by atoms with Crippen LogP contribution in [0.15, 0.2) is 41.1 Å². The molecule has 2 rings (SSSR count). The number of nitrogens with one attached hydrogen (secondary N) is 2. The Kier molecular flexibility index (Phi) is 6.32. The van der Waals surface area contributed by atoms with Crippen LogP contribution in [0.4, 0.5) is 16.3 Å². The minimum atomic E-state index is -0.382. The highest BCUT2D eigenvalue weighted by Gasteiger charge is 2.18. The molecule has 0 aliphatic carbocycles. The van der Waals surface area contributed by atoms with E-state index in [0.29, 0.717) is 18.1 Å². The minimum Gasteiger partial charge on any atom is -0.383 e. The van der Waals surface area contributed by atoms with E-state index in [2.05, 4.69) is 20.3 Å². The average molecular weight is 332 g/mol. The van der Waals surface area contributed by atoms with Gasteiger partial charge in [0.25, 0.3) is 0 Å². The number of nitrogens with zero attached hydrogens (tertiary/aromatic N) is 2. The van der Waals surface area contributed by atoms with Gasteiger partial charge in [0.2, 0.25) is 5.91 Å². The minimum absolute atomic E-state index is 0.131. The highest BCUT2D eigenvalue weighted by Crippen LogP contribution is 2.10. The van der Waals surface area contributed by atoms with Gasteiger partial charge in [-0.1, -0.05) is 17.3 Å². The third kappa shape index (κ3) is 5.40. The predicted octanol–water partition coefficient (Wildman–Crippen LogP) is 2.10. The lowest BCUT2D eigenvalue weighted by atomic mass is 10.2. The normalized spacial score (nSPS) is 10.2. The van der Waals surface area contributed by atoms with Gasteiger partial charge in [-0.25, -0.2) is 4.79 Å². The van der Waals surface area contributed by atoms with Crippen LogP contribution < -0.4 is 10.6 Å². The highest BCUT2D eigenvalue weighted by atomic mass is 16.5. The third-order valence-electron chi connectivity index (χ3n) is 3.16. The molecule has 24 heavy (non-hydrogen) atoms. The summed E-state index contributed by atoms with van der Waals surface area (Å²) in [6.07, 6.45) is 1.35. The Morgan fingerprint density at radius 2 is 2.12 bits per heavy atom. The fourth-order valence-corrected chi connectivity index (χ4v) is 2.01. The fourth-order valence-electron chi connectivity index (χ4n) is 2.01. The zero-order chi connectivity index (χ0) is 17.4. The van der Waals surface area contributed by atoms with Gasteiger partial charge in [0.15, 0.2) is 5.82 Å². The summed E-state index contributed by atoms with van der Waals surface area (Å²) in [6, 6.07) is 8.56. The Bertz CT molecular complexity index is 672. The Hall–Kier alpha value is -2.87. The van der Waals surface area contributed by atoms with Crippen LogP contribution >= 0.6 is 0 Å². The molecule has 0 saturated carbocycles. The van der Waals surface area contributed by atoms with Crippen LogP contribution in [0.2, 0.25) is 0 Å². The van der Waals surface area contributed by atoms with Crippen LogP contribution in [0.1, 0.15) is 5.56 Å². The predicted molar refractivity (Wildman–Crippen MR) is 88.8 cm³/mol. The molecule has 0 bridgehead atoms. The van der Waals surface area contributed by atoms with Gasteiger partial charge < -0.3 is 24.8 Å². The summed E-state index contributed by atoms with van der Waals surface area (Å²) in [5.74, 6) is -0.0785. The fraction of sp³-hybridized carbons (Fsp3) is 0.312. The number of ether oxygens (including phenoxy) is 1. The number of anilines is 2. The molecular weight excluding hydrogens is 312 g/mol. The van der Waals surface area contributed by atoms with E-state index in [9.17, 15) is 9.59 Å². The molecule has 0 fully saturated rings. The molecule has 0 unspecified atom stereocenters. The van der Waals surface area contributed by atoms with E-state index in [1.807, 2.05) is 25.1 Å². The number of carbonyl (C=O) groups is 2. The number of aromatic nitrogens is 1. The standard InChI is InChI=1S/C16H20N4O4/c1-12-4-3-5-13(10-12)17-16(22)20(7-9-23-2)11-15(21)18-14-6-8-24-19-14/h3-6,8,10H,7,9,11H2,1-2H3,(H,17,22)(H,18,19,21). The third-order valence-corrected chi connectivity index (χ3v) is 3.16. The van der Waals surface area contributed by atoms with Crippen molar-refractivity contribution >= 4 is 23.4 Å². The molecule has 0 spiro atoms. The highest BCUT2D eigenvalue weighted by molar-refractivity contribution is 5.96. The lowest BCUT2D eigenvalue weighted by Gasteiger charge is -2.22. The summed E-state index contributed by atoms with van der Waals surface area (Å²) >= 11 is 0. The van der Waals surface area contributed by atoms with Crippen molar-refractivity contribution in [3.8, 4) is 0 Å². The van der Waals surface area contributed by atoms with E-state index in [4.69, 9.17) is 4.74 Å². The van der Waals surface area contributed by atoms with Crippen LogP contribution in [0.25, 0.3) is 0 Å². The molecule has 1 aromatic heterocycles. The lowest BCUT2D eigenvalue weighted by Crippen LogP contribution is -2.42. The van der Waals surface area contributed by atoms with Gasteiger partial charge in [0.1, 0.15) is 12.8 Å². The second kappa shape index (κ2) is 8.68. The van der Waals surface area contributed by atoms with Crippen molar-refractivity contribution in [3.63, 3.8) is 0 Å². The molecule has 0 aliphatic heterocycles. The van der Waals surface area contributed by atoms with Crippen molar-refractivity contribution in [1.29, 1.82) is 0 Å². The van der Waals surface area contributed by atoms with E-state index < -0.39 is 0 Å². The summed E-state index contributed by atoms with van der Waals surface area (Å²) in [5.41, 5.74) is 1.69. The van der Waals surface area contributed by atoms with Crippen molar-refractivity contribution in [2.75, 3.05) is 37.4 Å². The molecule has 0 aliphatic rings. The Morgan fingerprint density at radius 3 is 2.79 bits per heavy atom. The van der Waals surface area contributed by atoms with Crippen LogP contribution in [0.5, 0.6) is 0 Å². The molecule has 128 valence electrons. The summed E-state index contributed by atoms with van der Waals surface area (Å²) in [7, 11) is 1.53. The van der Waals surface area contributed by atoms with Crippen molar-refractivity contribution < 1.29 is 18.8 Å². The van der Waals surface area contributed by atoms with E-state index in [1.165, 1.54) is 24.3 Å². The average Bonchev–Trinajstić information content (AvgIpc) is 3.04. The van der Waals surface area contributed by atoms with Crippen molar-refractivity contribution in [1.82, 2.24) is 10.1 Å². The number of carbonyl (C=O) groups excluding carboxylic acids is 2. The molecular formula is C16H20N4O4. The number of benzene rings is 1. The summed E-state index contributed by atoms with van der Waals surface area (Å²) < 4.78 is 9.64. The van der Waals surface area contributed by atoms with Gasteiger partial charge in [0, 0.05) is 25.4 Å². The second-order valence-corrected chi connectivity index (χ2v) is 5.15. The molecule has 3 amide bonds. The van der Waals surface area contributed by atoms with Crippen molar-refractivity contribution in [2.24, 2.45) is 0 Å². The summed E-state index contributed by atoms with van der Waals surface area (Å²) in [5, 5.41) is 8.92. The Labute approximate surface area is 139 Å². The summed E-state index contributed by atoms with van der Waals surface area (Å²) in [4.78, 5) is 25.8. The molecule has 8 heteroatoms. The van der Waals surface area contributed by atoms with Gasteiger partial charge in [-0.15, -0.1) is 0 Å². The van der Waals surface area contributed by atoms with Crippen LogP contribution in [-0.4, -0.2) is 48.8 Å². The largest absolute Gasteiger partial charge is 0.383 e. The molecule has 0 saturated heterocycles. The van der Waals surface area contributed by atoms with E-state index in [-0.39, 0.29) is 25.0 Å². The number of rotatable bonds is 7. The van der Waals surface area contributed by atoms with Gasteiger partial charge in [-0.3, -0.25) is 4.79 Å². The van der Waals surface area contributed by atoms with Crippen LogP contribution in [0, 0.1) is 6.92 Å². The first-order valence-corrected chi connectivity index (χ1v) is 7.40. The smallest absolute Gasteiger partial charge is 0.322 e.